The number of carbonyl (C=O) groups is 1. The second-order valence-electron chi connectivity index (χ2n) is 10.2. The number of pyridine rings is 2. The smallest absolute Gasteiger partial charge is 0.255 e. The maximum atomic E-state index is 13.4. The van der Waals surface area contributed by atoms with E-state index in [-0.39, 0.29) is 5.91 Å². The van der Waals surface area contributed by atoms with Crippen molar-refractivity contribution in [3.8, 4) is 11.5 Å². The molecular weight excluding hydrogens is 438 g/mol. The fourth-order valence-corrected chi connectivity index (χ4v) is 5.40. The van der Waals surface area contributed by atoms with Gasteiger partial charge in [-0.2, -0.15) is 0 Å². The summed E-state index contributed by atoms with van der Waals surface area (Å²) in [4.78, 5) is 29.7. The first-order chi connectivity index (χ1) is 17.0. The Balaban J connectivity index is 1.35. The number of fused-ring (bicyclic) bond motifs is 2. The van der Waals surface area contributed by atoms with Crippen LogP contribution in [0.15, 0.2) is 36.7 Å². The van der Waals surface area contributed by atoms with E-state index in [1.165, 1.54) is 12.8 Å². The van der Waals surface area contributed by atoms with Crippen molar-refractivity contribution >= 4 is 28.1 Å². The van der Waals surface area contributed by atoms with Gasteiger partial charge in [0.05, 0.1) is 11.3 Å². The van der Waals surface area contributed by atoms with Gasteiger partial charge in [-0.15, -0.1) is 0 Å². The molecule has 8 heteroatoms. The third-order valence-electron chi connectivity index (χ3n) is 7.69. The molecule has 5 heterocycles. The summed E-state index contributed by atoms with van der Waals surface area (Å²) in [6, 6.07) is 8.49. The Hall–Kier alpha value is -3.26. The van der Waals surface area contributed by atoms with Crippen LogP contribution in [-0.4, -0.2) is 60.6 Å². The summed E-state index contributed by atoms with van der Waals surface area (Å²) in [5, 5.41) is 4.65. The van der Waals surface area contributed by atoms with Gasteiger partial charge < -0.3 is 19.4 Å². The first-order valence-corrected chi connectivity index (χ1v) is 12.8. The molecule has 0 radical (unpaired) electrons. The summed E-state index contributed by atoms with van der Waals surface area (Å²) in [7, 11) is 2.00. The Morgan fingerprint density at radius 1 is 1.17 bits per heavy atom. The minimum atomic E-state index is 0.0356. The van der Waals surface area contributed by atoms with Crippen LogP contribution in [0.3, 0.4) is 0 Å². The van der Waals surface area contributed by atoms with Crippen molar-refractivity contribution in [1.82, 2.24) is 34.3 Å². The first kappa shape index (κ1) is 22.2. The lowest BCUT2D eigenvalue weighted by Gasteiger charge is -2.37. The predicted octanol–water partition coefficient (Wildman–Crippen LogP) is 3.86. The summed E-state index contributed by atoms with van der Waals surface area (Å²) >= 11 is 0. The van der Waals surface area contributed by atoms with Gasteiger partial charge in [-0.05, 0) is 61.9 Å². The maximum absolute atomic E-state index is 13.4. The Labute approximate surface area is 205 Å². The number of nitrogens with zero attached hydrogens (tertiary/aromatic N) is 6. The topological polar surface area (TPSA) is 80.9 Å². The molecule has 1 saturated heterocycles. The van der Waals surface area contributed by atoms with Crippen molar-refractivity contribution in [1.29, 1.82) is 0 Å². The number of aromatic nitrogens is 5. The highest BCUT2D eigenvalue weighted by Gasteiger charge is 2.30. The Bertz CT molecular complexity index is 1400. The lowest BCUT2D eigenvalue weighted by molar-refractivity contribution is 0.0650. The molecule has 182 valence electrons. The molecule has 1 amide bonds. The normalized spacial score (nSPS) is 20.7. The molecule has 0 unspecified atom stereocenters. The average Bonchev–Trinajstić information content (AvgIpc) is 3.54. The first-order valence-electron chi connectivity index (χ1n) is 12.8. The molecule has 8 nitrogen and oxygen atoms in total. The lowest BCUT2D eigenvalue weighted by atomic mass is 9.93. The summed E-state index contributed by atoms with van der Waals surface area (Å²) in [5.74, 6) is 2.17. The number of likely N-dealkylation sites (N-methyl/N-ethyl adjacent to an activating group) is 1. The lowest BCUT2D eigenvalue weighted by Crippen LogP contribution is -2.51. The molecule has 0 bridgehead atoms. The van der Waals surface area contributed by atoms with Crippen LogP contribution in [-0.2, 0) is 13.6 Å². The number of piperidine rings is 1. The molecule has 2 atom stereocenters. The second-order valence-corrected chi connectivity index (χ2v) is 10.2. The molecule has 1 N–H and O–H groups in total. The minimum absolute atomic E-state index is 0.0356. The Morgan fingerprint density at radius 3 is 2.83 bits per heavy atom. The molecule has 0 spiro atoms. The predicted molar refractivity (Wildman–Crippen MR) is 137 cm³/mol. The standard InChI is InChI=1S/C27H33N7O/c1-4-28-22-16-33(11-9-17(22)2)27(35)20-12-21-25(30-14-20)32(3)26(31-21)23-13-19-6-5-10-29-24(19)34(23)15-18-7-8-18/h5-6,10,12-14,17-18,22,28H,4,7-9,11,15-16H2,1-3H3/t17-,22+/m0/s1. The number of nitrogens with one attached hydrogen (secondary N) is 1. The van der Waals surface area contributed by atoms with Crippen LogP contribution >= 0.6 is 0 Å². The minimum Gasteiger partial charge on any atom is -0.337 e. The zero-order valence-corrected chi connectivity index (χ0v) is 20.7. The van der Waals surface area contributed by atoms with E-state index >= 15 is 0 Å². The van der Waals surface area contributed by atoms with E-state index < -0.39 is 0 Å². The van der Waals surface area contributed by atoms with Crippen molar-refractivity contribution in [2.75, 3.05) is 19.6 Å². The molecule has 6 rings (SSSR count). The van der Waals surface area contributed by atoms with E-state index in [0.717, 1.165) is 66.3 Å². The van der Waals surface area contributed by atoms with E-state index in [1.807, 2.05) is 34.8 Å². The summed E-state index contributed by atoms with van der Waals surface area (Å²) in [6.07, 6.45) is 7.10. The number of imidazole rings is 1. The van der Waals surface area contributed by atoms with E-state index in [0.29, 0.717) is 23.4 Å². The third-order valence-corrected chi connectivity index (χ3v) is 7.69. The van der Waals surface area contributed by atoms with Crippen molar-refractivity contribution < 1.29 is 4.79 Å². The summed E-state index contributed by atoms with van der Waals surface area (Å²) in [5.41, 5.74) is 4.19. The van der Waals surface area contributed by atoms with Gasteiger partial charge in [-0.25, -0.2) is 15.0 Å². The summed E-state index contributed by atoms with van der Waals surface area (Å²) in [6.45, 7) is 7.75. The molecule has 4 aromatic heterocycles. The van der Waals surface area contributed by atoms with Crippen LogP contribution in [0.25, 0.3) is 33.7 Å². The molecule has 1 aliphatic carbocycles. The monoisotopic (exact) mass is 471 g/mol. The fraction of sp³-hybridized carbons (Fsp3) is 0.481. The second kappa shape index (κ2) is 8.75. The molecule has 35 heavy (non-hydrogen) atoms. The highest BCUT2D eigenvalue weighted by atomic mass is 16.2. The van der Waals surface area contributed by atoms with E-state index in [9.17, 15) is 4.79 Å². The zero-order chi connectivity index (χ0) is 24.1. The molecule has 1 aliphatic heterocycles. The molecule has 1 saturated carbocycles. The van der Waals surface area contributed by atoms with E-state index in [2.05, 4.69) is 45.8 Å². The summed E-state index contributed by atoms with van der Waals surface area (Å²) < 4.78 is 4.33. The van der Waals surface area contributed by atoms with Crippen molar-refractivity contribution in [3.63, 3.8) is 0 Å². The van der Waals surface area contributed by atoms with Gasteiger partial charge >= 0.3 is 0 Å². The average molecular weight is 472 g/mol. The number of aryl methyl sites for hydroxylation is 1. The van der Waals surface area contributed by atoms with Crippen LogP contribution in [0.4, 0.5) is 0 Å². The van der Waals surface area contributed by atoms with Gasteiger partial charge in [0.2, 0.25) is 0 Å². The number of hydrogen-bond donors (Lipinski definition) is 1. The highest BCUT2D eigenvalue weighted by molar-refractivity contribution is 5.97. The third kappa shape index (κ3) is 3.99. The molecule has 0 aromatic carbocycles. The van der Waals surface area contributed by atoms with Gasteiger partial charge in [0.25, 0.3) is 5.91 Å². The molecule has 2 aliphatic rings. The number of hydrogen-bond acceptors (Lipinski definition) is 5. The van der Waals surface area contributed by atoms with Gasteiger partial charge in [-0.1, -0.05) is 13.8 Å². The van der Waals surface area contributed by atoms with Gasteiger partial charge in [0.15, 0.2) is 11.5 Å². The highest BCUT2D eigenvalue weighted by Crippen LogP contribution is 2.35. The number of amides is 1. The van der Waals surface area contributed by atoms with Gasteiger partial charge in [0.1, 0.15) is 11.2 Å². The van der Waals surface area contributed by atoms with Crippen molar-refractivity contribution in [3.05, 3.63) is 42.2 Å². The molecule has 4 aromatic rings. The quantitative estimate of drug-likeness (QED) is 0.462. The molecule has 2 fully saturated rings. The SMILES string of the molecule is CCN[C@@H]1CN(C(=O)c2cnc3c(c2)nc(-c2cc4cccnc4n2CC2CC2)n3C)CC[C@@H]1C. The Kier molecular flexibility index (Phi) is 5.56. The van der Waals surface area contributed by atoms with Crippen LogP contribution in [0, 0.1) is 11.8 Å². The number of rotatable bonds is 6. The van der Waals surface area contributed by atoms with Gasteiger partial charge in [0, 0.05) is 50.5 Å². The largest absolute Gasteiger partial charge is 0.337 e. The zero-order valence-electron chi connectivity index (χ0n) is 20.7. The van der Waals surface area contributed by atoms with Crippen LogP contribution in [0.1, 0.15) is 43.5 Å². The van der Waals surface area contributed by atoms with Gasteiger partial charge in [-0.3, -0.25) is 4.79 Å². The van der Waals surface area contributed by atoms with Crippen LogP contribution in [0.5, 0.6) is 0 Å². The van der Waals surface area contributed by atoms with Crippen molar-refractivity contribution in [2.24, 2.45) is 18.9 Å². The van der Waals surface area contributed by atoms with E-state index in [1.54, 1.807) is 6.20 Å². The number of likely N-dealkylation sites (tertiary alicyclic amines) is 1. The Morgan fingerprint density at radius 2 is 2.03 bits per heavy atom. The molecular formula is C27H33N7O. The van der Waals surface area contributed by atoms with E-state index in [4.69, 9.17) is 4.98 Å². The number of carbonyl (C=O) groups excluding carboxylic acids is 1. The van der Waals surface area contributed by atoms with Crippen molar-refractivity contribution in [2.45, 2.75) is 45.7 Å². The maximum Gasteiger partial charge on any atom is 0.255 e. The fourth-order valence-electron chi connectivity index (χ4n) is 5.40. The van der Waals surface area contributed by atoms with Crippen LogP contribution < -0.4 is 5.32 Å². The van der Waals surface area contributed by atoms with Crippen LogP contribution in [0.2, 0.25) is 0 Å².